The first kappa shape index (κ1) is 16.6. The summed E-state index contributed by atoms with van der Waals surface area (Å²) in [6.07, 6.45) is 4.12. The summed E-state index contributed by atoms with van der Waals surface area (Å²) in [7, 11) is 0. The van der Waals surface area contributed by atoms with Gasteiger partial charge in [0.1, 0.15) is 6.10 Å². The lowest BCUT2D eigenvalue weighted by molar-refractivity contribution is -0.121. The minimum atomic E-state index is -0.0699. The number of nitrogens with one attached hydrogen (secondary N) is 1. The van der Waals surface area contributed by atoms with Crippen LogP contribution in [0.3, 0.4) is 0 Å². The van der Waals surface area contributed by atoms with Gasteiger partial charge in [0.2, 0.25) is 5.91 Å². The maximum Gasteiger partial charge on any atom is 0.241 e. The van der Waals surface area contributed by atoms with E-state index in [1.165, 1.54) is 11.1 Å². The molecule has 0 saturated heterocycles. The van der Waals surface area contributed by atoms with Gasteiger partial charge in [0.25, 0.3) is 0 Å². The maximum atomic E-state index is 11.6. The molecule has 0 aromatic heterocycles. The van der Waals surface area contributed by atoms with E-state index in [1.807, 2.05) is 25.1 Å². The van der Waals surface area contributed by atoms with E-state index in [-0.39, 0.29) is 17.9 Å². The quantitative estimate of drug-likeness (QED) is 0.901. The molecule has 134 valence electrons. The lowest BCUT2D eigenvalue weighted by atomic mass is 9.95. The average Bonchev–Trinajstić information content (AvgIpc) is 3.06. The highest BCUT2D eigenvalue weighted by molar-refractivity contribution is 5.86. The summed E-state index contributed by atoms with van der Waals surface area (Å²) >= 11 is 0. The van der Waals surface area contributed by atoms with Crippen LogP contribution in [-0.4, -0.2) is 24.8 Å². The first-order chi connectivity index (χ1) is 12.7. The first-order valence-corrected chi connectivity index (χ1v) is 9.05. The molecule has 4 rings (SSSR count). The summed E-state index contributed by atoms with van der Waals surface area (Å²) in [6.45, 7) is 2.52. The second-order valence-corrected chi connectivity index (χ2v) is 6.68. The minimum Gasteiger partial charge on any atom is -0.490 e. The maximum absolute atomic E-state index is 11.6. The number of nitrogens with zero attached hydrogens (tertiary/aromatic N) is 1. The van der Waals surface area contributed by atoms with Gasteiger partial charge in [0, 0.05) is 31.4 Å². The van der Waals surface area contributed by atoms with Crippen molar-refractivity contribution in [3.63, 3.8) is 0 Å². The lowest BCUT2D eigenvalue weighted by Gasteiger charge is -2.20. The second kappa shape index (κ2) is 7.20. The van der Waals surface area contributed by atoms with E-state index in [9.17, 15) is 4.79 Å². The molecular weight excluding hydrogens is 328 g/mol. The molecule has 2 aromatic rings. The van der Waals surface area contributed by atoms with Crippen molar-refractivity contribution in [2.45, 2.75) is 38.2 Å². The van der Waals surface area contributed by atoms with E-state index in [0.717, 1.165) is 29.9 Å². The van der Waals surface area contributed by atoms with Crippen LogP contribution in [0.2, 0.25) is 0 Å². The van der Waals surface area contributed by atoms with Crippen LogP contribution in [0.4, 0.5) is 0 Å². The van der Waals surface area contributed by atoms with E-state index in [2.05, 4.69) is 34.8 Å². The van der Waals surface area contributed by atoms with Crippen LogP contribution in [0.1, 0.15) is 36.0 Å². The van der Waals surface area contributed by atoms with Gasteiger partial charge >= 0.3 is 0 Å². The molecule has 5 nitrogen and oxygen atoms in total. The molecule has 1 N–H and O–H groups in total. The Balaban J connectivity index is 1.54. The van der Waals surface area contributed by atoms with Crippen molar-refractivity contribution in [2.24, 2.45) is 5.10 Å². The number of amides is 1. The van der Waals surface area contributed by atoms with Crippen LogP contribution in [0.15, 0.2) is 47.6 Å². The van der Waals surface area contributed by atoms with E-state index in [1.54, 1.807) is 6.21 Å². The minimum absolute atomic E-state index is 0.0345. The van der Waals surface area contributed by atoms with Crippen molar-refractivity contribution in [1.29, 1.82) is 0 Å². The molecule has 0 saturated carbocycles. The Labute approximate surface area is 153 Å². The number of hydrogen-bond donors (Lipinski definition) is 1. The van der Waals surface area contributed by atoms with E-state index in [0.29, 0.717) is 13.0 Å². The molecule has 0 radical (unpaired) electrons. The predicted octanol–water partition coefficient (Wildman–Crippen LogP) is 3.22. The van der Waals surface area contributed by atoms with Gasteiger partial charge in [0.05, 0.1) is 6.61 Å². The van der Waals surface area contributed by atoms with Crippen molar-refractivity contribution in [3.05, 3.63) is 59.2 Å². The van der Waals surface area contributed by atoms with Crippen molar-refractivity contribution >= 4 is 12.1 Å². The number of benzene rings is 2. The number of carbonyl (C=O) groups is 1. The standard InChI is InChI=1S/C21H22N2O3/c1-2-25-20-11-16(17-12-21(24)23-22-13-17)7-8-19(20)26-18-9-14-5-3-4-6-15(14)10-18/h3-8,11,13,17-18H,2,9-10,12H2,1H3,(H,23,24). The van der Waals surface area contributed by atoms with Gasteiger partial charge in [-0.15, -0.1) is 0 Å². The Kier molecular flexibility index (Phi) is 4.61. The highest BCUT2D eigenvalue weighted by Gasteiger charge is 2.24. The fourth-order valence-electron chi connectivity index (χ4n) is 3.60. The number of hydrogen-bond acceptors (Lipinski definition) is 4. The highest BCUT2D eigenvalue weighted by Crippen LogP contribution is 2.35. The summed E-state index contributed by atoms with van der Waals surface area (Å²) in [6, 6.07) is 14.4. The topological polar surface area (TPSA) is 59.9 Å². The van der Waals surface area contributed by atoms with Crippen LogP contribution in [-0.2, 0) is 17.6 Å². The Morgan fingerprint density at radius 2 is 1.85 bits per heavy atom. The fourth-order valence-corrected chi connectivity index (χ4v) is 3.60. The molecule has 5 heteroatoms. The summed E-state index contributed by atoms with van der Waals surface area (Å²) < 4.78 is 12.1. The normalized spacial score (nSPS) is 19.1. The zero-order chi connectivity index (χ0) is 17.9. The molecule has 0 fully saturated rings. The number of hydrazone groups is 1. The molecule has 1 heterocycles. The Morgan fingerprint density at radius 1 is 1.08 bits per heavy atom. The number of carbonyl (C=O) groups excluding carboxylic acids is 1. The van der Waals surface area contributed by atoms with Crippen molar-refractivity contribution in [3.8, 4) is 11.5 Å². The Hall–Kier alpha value is -2.82. The van der Waals surface area contributed by atoms with Gasteiger partial charge in [-0.05, 0) is 35.7 Å². The summed E-state index contributed by atoms with van der Waals surface area (Å²) in [5, 5.41) is 3.92. The van der Waals surface area contributed by atoms with Gasteiger partial charge in [-0.2, -0.15) is 5.10 Å². The van der Waals surface area contributed by atoms with Crippen LogP contribution in [0.25, 0.3) is 0 Å². The lowest BCUT2D eigenvalue weighted by Crippen LogP contribution is -2.26. The zero-order valence-electron chi connectivity index (χ0n) is 14.8. The summed E-state index contributed by atoms with van der Waals surface area (Å²) in [5.41, 5.74) is 6.19. The van der Waals surface area contributed by atoms with Gasteiger partial charge in [0.15, 0.2) is 11.5 Å². The van der Waals surface area contributed by atoms with Crippen LogP contribution < -0.4 is 14.9 Å². The molecule has 2 aromatic carbocycles. The molecule has 26 heavy (non-hydrogen) atoms. The Morgan fingerprint density at radius 3 is 2.54 bits per heavy atom. The number of fused-ring (bicyclic) bond motifs is 1. The van der Waals surface area contributed by atoms with Gasteiger partial charge in [-0.3, -0.25) is 4.79 Å². The molecule has 1 unspecified atom stereocenters. The molecule has 0 bridgehead atoms. The highest BCUT2D eigenvalue weighted by atomic mass is 16.5. The fraction of sp³-hybridized carbons (Fsp3) is 0.333. The molecule has 1 aliphatic carbocycles. The van der Waals surface area contributed by atoms with E-state index >= 15 is 0 Å². The molecule has 2 aliphatic rings. The van der Waals surface area contributed by atoms with Crippen molar-refractivity contribution in [2.75, 3.05) is 6.61 Å². The van der Waals surface area contributed by atoms with E-state index in [4.69, 9.17) is 9.47 Å². The smallest absolute Gasteiger partial charge is 0.241 e. The SMILES string of the molecule is CCOc1cc(C2C=NNC(=O)C2)ccc1OC1Cc2ccccc2C1. The predicted molar refractivity (Wildman–Crippen MR) is 99.9 cm³/mol. The van der Waals surface area contributed by atoms with Crippen molar-refractivity contribution in [1.82, 2.24) is 5.43 Å². The molecule has 0 spiro atoms. The third-order valence-corrected chi connectivity index (χ3v) is 4.85. The molecule has 1 aliphatic heterocycles. The van der Waals surface area contributed by atoms with Gasteiger partial charge in [-0.25, -0.2) is 5.43 Å². The average molecular weight is 350 g/mol. The summed E-state index contributed by atoms with van der Waals surface area (Å²) in [4.78, 5) is 11.6. The third-order valence-electron chi connectivity index (χ3n) is 4.85. The molecular formula is C21H22N2O3. The van der Waals surface area contributed by atoms with Crippen LogP contribution in [0.5, 0.6) is 11.5 Å². The summed E-state index contributed by atoms with van der Waals surface area (Å²) in [5.74, 6) is 1.37. The largest absolute Gasteiger partial charge is 0.490 e. The Bertz CT molecular complexity index is 822. The molecule has 1 amide bonds. The van der Waals surface area contributed by atoms with Crippen LogP contribution in [0, 0.1) is 0 Å². The molecule has 1 atom stereocenters. The van der Waals surface area contributed by atoms with Gasteiger partial charge in [-0.1, -0.05) is 30.3 Å². The van der Waals surface area contributed by atoms with Crippen LogP contribution >= 0.6 is 0 Å². The van der Waals surface area contributed by atoms with Gasteiger partial charge < -0.3 is 9.47 Å². The van der Waals surface area contributed by atoms with E-state index < -0.39 is 0 Å². The first-order valence-electron chi connectivity index (χ1n) is 9.05. The number of rotatable bonds is 5. The second-order valence-electron chi connectivity index (χ2n) is 6.68. The zero-order valence-corrected chi connectivity index (χ0v) is 14.8. The third kappa shape index (κ3) is 3.43. The van der Waals surface area contributed by atoms with Crippen molar-refractivity contribution < 1.29 is 14.3 Å². The number of ether oxygens (including phenoxy) is 2. The monoisotopic (exact) mass is 350 g/mol.